The van der Waals surface area contributed by atoms with E-state index in [0.717, 1.165) is 26.1 Å². The molecule has 2 amide bonds. The van der Waals surface area contributed by atoms with Gasteiger partial charge < -0.3 is 15.5 Å². The van der Waals surface area contributed by atoms with Gasteiger partial charge in [0.2, 0.25) is 5.91 Å². The summed E-state index contributed by atoms with van der Waals surface area (Å²) in [6.07, 6.45) is 2.59. The van der Waals surface area contributed by atoms with Crippen molar-refractivity contribution >= 4 is 24.2 Å². The summed E-state index contributed by atoms with van der Waals surface area (Å²) in [5, 5.41) is 6.06. The molecule has 1 atom stereocenters. The first-order chi connectivity index (χ1) is 12.3. The van der Waals surface area contributed by atoms with Gasteiger partial charge in [-0.3, -0.25) is 9.59 Å². The predicted octanol–water partition coefficient (Wildman–Crippen LogP) is 2.98. The SMILES string of the molecule is CNCC1CCCN(C(=O)CCNC(=O)c2ccc(C(C)(C)C)cc2)C1.Cl. The largest absolute Gasteiger partial charge is 0.352 e. The van der Waals surface area contributed by atoms with E-state index >= 15 is 0 Å². The van der Waals surface area contributed by atoms with Crippen LogP contribution in [0.25, 0.3) is 0 Å². The third-order valence-electron chi connectivity index (χ3n) is 5.00. The third kappa shape index (κ3) is 7.15. The van der Waals surface area contributed by atoms with Gasteiger partial charge in [0, 0.05) is 31.6 Å². The van der Waals surface area contributed by atoms with E-state index in [1.807, 2.05) is 36.2 Å². The Labute approximate surface area is 169 Å². The predicted molar refractivity (Wildman–Crippen MR) is 113 cm³/mol. The second kappa shape index (κ2) is 10.7. The van der Waals surface area contributed by atoms with Crippen LogP contribution in [0.5, 0.6) is 0 Å². The van der Waals surface area contributed by atoms with Gasteiger partial charge in [-0.25, -0.2) is 0 Å². The topological polar surface area (TPSA) is 61.4 Å². The summed E-state index contributed by atoms with van der Waals surface area (Å²) in [6.45, 7) is 9.43. The van der Waals surface area contributed by atoms with Gasteiger partial charge in [0.05, 0.1) is 0 Å². The smallest absolute Gasteiger partial charge is 0.251 e. The zero-order valence-corrected chi connectivity index (χ0v) is 17.8. The van der Waals surface area contributed by atoms with Crippen molar-refractivity contribution in [3.63, 3.8) is 0 Å². The highest BCUT2D eigenvalue weighted by Crippen LogP contribution is 2.22. The Hall–Kier alpha value is -1.59. The van der Waals surface area contributed by atoms with Crippen molar-refractivity contribution in [1.29, 1.82) is 0 Å². The van der Waals surface area contributed by atoms with Gasteiger partial charge in [-0.05, 0) is 55.5 Å². The minimum Gasteiger partial charge on any atom is -0.352 e. The zero-order chi connectivity index (χ0) is 19.2. The number of nitrogens with zero attached hydrogens (tertiary/aromatic N) is 1. The number of piperidine rings is 1. The summed E-state index contributed by atoms with van der Waals surface area (Å²) in [6, 6.07) is 7.70. The number of nitrogens with one attached hydrogen (secondary N) is 2. The highest BCUT2D eigenvalue weighted by Gasteiger charge is 2.23. The molecule has 1 aliphatic rings. The molecule has 1 fully saturated rings. The number of hydrogen-bond acceptors (Lipinski definition) is 3. The monoisotopic (exact) mass is 395 g/mol. The second-order valence-corrected chi connectivity index (χ2v) is 8.24. The van der Waals surface area contributed by atoms with E-state index in [4.69, 9.17) is 0 Å². The van der Waals surface area contributed by atoms with Crippen LogP contribution in [0.15, 0.2) is 24.3 Å². The van der Waals surface area contributed by atoms with Crippen molar-refractivity contribution in [1.82, 2.24) is 15.5 Å². The molecule has 0 aromatic heterocycles. The average molecular weight is 396 g/mol. The summed E-state index contributed by atoms with van der Waals surface area (Å²) < 4.78 is 0. The molecule has 6 heteroatoms. The molecule has 27 heavy (non-hydrogen) atoms. The Bertz CT molecular complexity index is 609. The molecule has 0 saturated carbocycles. The van der Waals surface area contributed by atoms with Crippen LogP contribution in [-0.2, 0) is 10.2 Å². The fourth-order valence-electron chi connectivity index (χ4n) is 3.41. The highest BCUT2D eigenvalue weighted by atomic mass is 35.5. The molecule has 1 heterocycles. The third-order valence-corrected chi connectivity index (χ3v) is 5.00. The molecule has 2 rings (SSSR count). The summed E-state index contributed by atoms with van der Waals surface area (Å²) >= 11 is 0. The van der Waals surface area contributed by atoms with Crippen LogP contribution in [-0.4, -0.2) is 49.9 Å². The fraction of sp³-hybridized carbons (Fsp3) is 0.619. The zero-order valence-electron chi connectivity index (χ0n) is 17.0. The standard InChI is InChI=1S/C21H33N3O2.ClH/c1-21(2,3)18-9-7-17(8-10-18)20(26)23-12-11-19(25)24-13-5-6-16(15-24)14-22-4;/h7-10,16,22H,5-6,11-15H2,1-4H3,(H,23,26);1H. The molecule has 1 saturated heterocycles. The lowest BCUT2D eigenvalue weighted by atomic mass is 9.87. The normalized spacial score (nSPS) is 17.2. The number of likely N-dealkylation sites (tertiary alicyclic amines) is 1. The van der Waals surface area contributed by atoms with Gasteiger partial charge in [0.15, 0.2) is 0 Å². The van der Waals surface area contributed by atoms with Gasteiger partial charge >= 0.3 is 0 Å². The number of carbonyl (C=O) groups is 2. The molecule has 0 aliphatic carbocycles. The molecule has 0 radical (unpaired) electrons. The number of rotatable bonds is 6. The lowest BCUT2D eigenvalue weighted by Gasteiger charge is -2.32. The Morgan fingerprint density at radius 3 is 2.44 bits per heavy atom. The molecular formula is C21H34ClN3O2. The molecule has 2 N–H and O–H groups in total. The van der Waals surface area contributed by atoms with Crippen LogP contribution in [0.4, 0.5) is 0 Å². The molecule has 1 unspecified atom stereocenters. The molecule has 1 aliphatic heterocycles. The first-order valence-electron chi connectivity index (χ1n) is 9.62. The van der Waals surface area contributed by atoms with Crippen molar-refractivity contribution < 1.29 is 9.59 Å². The van der Waals surface area contributed by atoms with Gasteiger partial charge in [-0.15, -0.1) is 12.4 Å². The number of halogens is 1. The quantitative estimate of drug-likeness (QED) is 0.778. The van der Waals surface area contributed by atoms with E-state index in [0.29, 0.717) is 24.4 Å². The Morgan fingerprint density at radius 2 is 1.85 bits per heavy atom. The minimum absolute atomic E-state index is 0. The highest BCUT2D eigenvalue weighted by molar-refractivity contribution is 5.94. The van der Waals surface area contributed by atoms with E-state index in [1.165, 1.54) is 12.0 Å². The van der Waals surface area contributed by atoms with E-state index in [-0.39, 0.29) is 29.6 Å². The van der Waals surface area contributed by atoms with Gasteiger partial charge in [-0.1, -0.05) is 32.9 Å². The van der Waals surface area contributed by atoms with Gasteiger partial charge in [0.1, 0.15) is 0 Å². The van der Waals surface area contributed by atoms with E-state index in [9.17, 15) is 9.59 Å². The van der Waals surface area contributed by atoms with Crippen molar-refractivity contribution in [3.05, 3.63) is 35.4 Å². The van der Waals surface area contributed by atoms with E-state index < -0.39 is 0 Å². The molecule has 152 valence electrons. The van der Waals surface area contributed by atoms with Crippen LogP contribution in [0.1, 0.15) is 56.0 Å². The summed E-state index contributed by atoms with van der Waals surface area (Å²) in [4.78, 5) is 26.6. The molecule has 1 aromatic rings. The molecular weight excluding hydrogens is 362 g/mol. The molecule has 5 nitrogen and oxygen atoms in total. The fourth-order valence-corrected chi connectivity index (χ4v) is 3.41. The molecule has 0 spiro atoms. The van der Waals surface area contributed by atoms with Crippen LogP contribution >= 0.6 is 12.4 Å². The number of carbonyl (C=O) groups excluding carboxylic acids is 2. The van der Waals surface area contributed by atoms with Crippen LogP contribution in [0.3, 0.4) is 0 Å². The summed E-state index contributed by atoms with van der Waals surface area (Å²) in [5.41, 5.74) is 1.91. The molecule has 1 aromatic carbocycles. The lowest BCUT2D eigenvalue weighted by molar-refractivity contribution is -0.132. The van der Waals surface area contributed by atoms with Gasteiger partial charge in [0.25, 0.3) is 5.91 Å². The molecule has 0 bridgehead atoms. The van der Waals surface area contributed by atoms with Crippen molar-refractivity contribution in [2.45, 2.75) is 45.4 Å². The van der Waals surface area contributed by atoms with Crippen LogP contribution in [0, 0.1) is 5.92 Å². The Morgan fingerprint density at radius 1 is 1.19 bits per heavy atom. The van der Waals surface area contributed by atoms with Crippen LogP contribution in [0.2, 0.25) is 0 Å². The summed E-state index contributed by atoms with van der Waals surface area (Å²) in [7, 11) is 1.95. The maximum Gasteiger partial charge on any atom is 0.251 e. The lowest BCUT2D eigenvalue weighted by Crippen LogP contribution is -2.43. The number of amides is 2. The first kappa shape index (κ1) is 23.4. The summed E-state index contributed by atoms with van der Waals surface area (Å²) in [5.74, 6) is 0.549. The Balaban J connectivity index is 0.00000364. The average Bonchev–Trinajstić information content (AvgIpc) is 2.61. The minimum atomic E-state index is -0.120. The van der Waals surface area contributed by atoms with Crippen molar-refractivity contribution in [3.8, 4) is 0 Å². The Kier molecular flexibility index (Phi) is 9.27. The van der Waals surface area contributed by atoms with Crippen molar-refractivity contribution in [2.75, 3.05) is 33.2 Å². The number of hydrogen-bond donors (Lipinski definition) is 2. The van der Waals surface area contributed by atoms with Crippen molar-refractivity contribution in [2.24, 2.45) is 5.92 Å². The maximum atomic E-state index is 12.4. The second-order valence-electron chi connectivity index (χ2n) is 8.24. The maximum absolute atomic E-state index is 12.4. The van der Waals surface area contributed by atoms with E-state index in [2.05, 4.69) is 31.4 Å². The van der Waals surface area contributed by atoms with Crippen LogP contribution < -0.4 is 10.6 Å². The first-order valence-corrected chi connectivity index (χ1v) is 9.62. The number of benzene rings is 1. The van der Waals surface area contributed by atoms with E-state index in [1.54, 1.807) is 0 Å². The van der Waals surface area contributed by atoms with Gasteiger partial charge in [-0.2, -0.15) is 0 Å².